The number of amides is 1. The maximum Gasteiger partial charge on any atom is 0.254 e. The Bertz CT molecular complexity index is 919. The molecule has 4 rings (SSSR count). The Morgan fingerprint density at radius 3 is 2.52 bits per heavy atom. The number of carbonyl (C=O) groups excluding carboxylic acids is 1. The third-order valence-corrected chi connectivity index (χ3v) is 4.87. The molecule has 0 unspecified atom stereocenters. The fourth-order valence-electron chi connectivity index (χ4n) is 3.28. The molecule has 0 spiro atoms. The second-order valence-corrected chi connectivity index (χ2v) is 6.80. The van der Waals surface area contributed by atoms with Crippen LogP contribution in [0, 0.1) is 0 Å². The first-order valence-corrected chi connectivity index (χ1v) is 9.19. The van der Waals surface area contributed by atoms with Gasteiger partial charge in [0.2, 0.25) is 0 Å². The Kier molecular flexibility index (Phi) is 4.88. The summed E-state index contributed by atoms with van der Waals surface area (Å²) < 4.78 is 5.44. The van der Waals surface area contributed by atoms with Gasteiger partial charge in [0.15, 0.2) is 0 Å². The van der Waals surface area contributed by atoms with Crippen molar-refractivity contribution < 1.29 is 9.53 Å². The predicted molar refractivity (Wildman–Crippen MR) is 106 cm³/mol. The monoisotopic (exact) mass is 358 g/mol. The number of para-hydroxylation sites is 1. The number of pyridine rings is 1. The Morgan fingerprint density at radius 1 is 1.07 bits per heavy atom. The molecule has 1 heterocycles. The molecule has 2 aromatic carbocycles. The smallest absolute Gasteiger partial charge is 0.254 e. The Morgan fingerprint density at radius 2 is 1.85 bits per heavy atom. The van der Waals surface area contributed by atoms with Gasteiger partial charge >= 0.3 is 0 Å². The van der Waals surface area contributed by atoms with Gasteiger partial charge in [0.25, 0.3) is 5.91 Å². The van der Waals surface area contributed by atoms with Gasteiger partial charge in [-0.3, -0.25) is 9.78 Å². The van der Waals surface area contributed by atoms with Crippen LogP contribution in [0.2, 0.25) is 0 Å². The highest BCUT2D eigenvalue weighted by atomic mass is 16.5. The van der Waals surface area contributed by atoms with Crippen molar-refractivity contribution in [3.63, 3.8) is 0 Å². The largest absolute Gasteiger partial charge is 0.496 e. The van der Waals surface area contributed by atoms with Crippen molar-refractivity contribution in [2.45, 2.75) is 25.4 Å². The minimum Gasteiger partial charge on any atom is -0.496 e. The van der Waals surface area contributed by atoms with E-state index in [1.807, 2.05) is 71.8 Å². The lowest BCUT2D eigenvalue weighted by molar-refractivity contribution is 0.0730. The molecule has 1 fully saturated rings. The van der Waals surface area contributed by atoms with Crippen molar-refractivity contribution in [3.05, 3.63) is 84.2 Å². The molecule has 27 heavy (non-hydrogen) atoms. The molecule has 0 saturated heterocycles. The number of hydrogen-bond donors (Lipinski definition) is 0. The number of aromatic nitrogens is 1. The zero-order valence-electron chi connectivity index (χ0n) is 15.3. The standard InChI is InChI=1S/C23H22N2O2/c1-27-22-7-3-2-6-21(22)18-8-10-19(11-9-18)23(26)25(20-12-13-20)16-17-5-4-14-24-15-17/h2-11,14-15,20H,12-13,16H2,1H3. The van der Waals surface area contributed by atoms with E-state index in [9.17, 15) is 4.79 Å². The number of rotatable bonds is 6. The van der Waals surface area contributed by atoms with Crippen LogP contribution in [-0.2, 0) is 6.54 Å². The third kappa shape index (κ3) is 3.85. The quantitative estimate of drug-likeness (QED) is 0.649. The highest BCUT2D eigenvalue weighted by Gasteiger charge is 2.33. The summed E-state index contributed by atoms with van der Waals surface area (Å²) in [6.07, 6.45) is 5.73. The first-order valence-electron chi connectivity index (χ1n) is 9.19. The highest BCUT2D eigenvalue weighted by molar-refractivity contribution is 5.95. The summed E-state index contributed by atoms with van der Waals surface area (Å²) in [5, 5.41) is 0. The van der Waals surface area contributed by atoms with E-state index in [1.165, 1.54) is 0 Å². The number of ether oxygens (including phenoxy) is 1. The number of nitrogens with zero attached hydrogens (tertiary/aromatic N) is 2. The second kappa shape index (κ2) is 7.62. The number of methoxy groups -OCH3 is 1. The molecule has 0 bridgehead atoms. The molecular weight excluding hydrogens is 336 g/mol. The highest BCUT2D eigenvalue weighted by Crippen LogP contribution is 2.32. The summed E-state index contributed by atoms with van der Waals surface area (Å²) >= 11 is 0. The van der Waals surface area contributed by atoms with Gasteiger partial charge < -0.3 is 9.64 Å². The van der Waals surface area contributed by atoms with Crippen LogP contribution < -0.4 is 4.74 Å². The lowest BCUT2D eigenvalue weighted by atomic mass is 10.0. The first-order chi connectivity index (χ1) is 13.3. The molecule has 4 nitrogen and oxygen atoms in total. The summed E-state index contributed by atoms with van der Waals surface area (Å²) in [5.41, 5.74) is 3.83. The van der Waals surface area contributed by atoms with Gasteiger partial charge in [0.05, 0.1) is 7.11 Å². The van der Waals surface area contributed by atoms with Crippen LogP contribution in [0.3, 0.4) is 0 Å². The Hall–Kier alpha value is -3.14. The molecule has 1 saturated carbocycles. The summed E-state index contributed by atoms with van der Waals surface area (Å²) in [7, 11) is 1.67. The average Bonchev–Trinajstić information content (AvgIpc) is 3.57. The van der Waals surface area contributed by atoms with Gasteiger partial charge in [-0.2, -0.15) is 0 Å². The first kappa shape index (κ1) is 17.3. The number of carbonyl (C=O) groups is 1. The van der Waals surface area contributed by atoms with E-state index in [-0.39, 0.29) is 5.91 Å². The van der Waals surface area contributed by atoms with Gasteiger partial charge in [0.1, 0.15) is 5.75 Å². The van der Waals surface area contributed by atoms with Crippen LogP contribution in [0.1, 0.15) is 28.8 Å². The molecule has 1 aliphatic carbocycles. The van der Waals surface area contributed by atoms with Gasteiger partial charge in [-0.15, -0.1) is 0 Å². The van der Waals surface area contributed by atoms with Crippen molar-refractivity contribution >= 4 is 5.91 Å². The molecule has 0 radical (unpaired) electrons. The van der Waals surface area contributed by atoms with Gasteiger partial charge in [-0.1, -0.05) is 36.4 Å². The van der Waals surface area contributed by atoms with E-state index >= 15 is 0 Å². The van der Waals surface area contributed by atoms with E-state index < -0.39 is 0 Å². The van der Waals surface area contributed by atoms with Gasteiger partial charge in [-0.25, -0.2) is 0 Å². The SMILES string of the molecule is COc1ccccc1-c1ccc(C(=O)N(Cc2cccnc2)C2CC2)cc1. The van der Waals surface area contributed by atoms with E-state index in [2.05, 4.69) is 4.98 Å². The van der Waals surface area contributed by atoms with E-state index in [1.54, 1.807) is 13.3 Å². The van der Waals surface area contributed by atoms with Gasteiger partial charge in [0, 0.05) is 36.1 Å². The second-order valence-electron chi connectivity index (χ2n) is 6.80. The summed E-state index contributed by atoms with van der Waals surface area (Å²) in [5.74, 6) is 0.903. The lowest BCUT2D eigenvalue weighted by Crippen LogP contribution is -2.32. The minimum absolute atomic E-state index is 0.0768. The average molecular weight is 358 g/mol. The summed E-state index contributed by atoms with van der Waals surface area (Å²) in [4.78, 5) is 19.2. The van der Waals surface area contributed by atoms with Crippen molar-refractivity contribution in [3.8, 4) is 16.9 Å². The zero-order valence-corrected chi connectivity index (χ0v) is 15.3. The van der Waals surface area contributed by atoms with E-state index in [0.717, 1.165) is 35.3 Å². The molecule has 4 heteroatoms. The van der Waals surface area contributed by atoms with Crippen molar-refractivity contribution in [2.75, 3.05) is 7.11 Å². The van der Waals surface area contributed by atoms with Crippen LogP contribution in [0.15, 0.2) is 73.1 Å². The van der Waals surface area contributed by atoms with E-state index in [4.69, 9.17) is 4.74 Å². The number of benzene rings is 2. The summed E-state index contributed by atoms with van der Waals surface area (Å²) in [6, 6.07) is 19.9. The molecule has 3 aromatic rings. The normalized spacial score (nSPS) is 13.2. The van der Waals surface area contributed by atoms with Crippen LogP contribution >= 0.6 is 0 Å². The predicted octanol–water partition coefficient (Wildman–Crippen LogP) is 4.56. The topological polar surface area (TPSA) is 42.4 Å². The molecule has 0 aliphatic heterocycles. The Labute approximate surface area is 159 Å². The molecule has 1 aromatic heterocycles. The van der Waals surface area contributed by atoms with Crippen molar-refractivity contribution in [1.29, 1.82) is 0 Å². The fraction of sp³-hybridized carbons (Fsp3) is 0.217. The lowest BCUT2D eigenvalue weighted by Gasteiger charge is -2.22. The summed E-state index contributed by atoms with van der Waals surface area (Å²) in [6.45, 7) is 0.603. The Balaban J connectivity index is 1.56. The molecule has 136 valence electrons. The van der Waals surface area contributed by atoms with Crippen LogP contribution in [-0.4, -0.2) is 28.9 Å². The molecule has 0 atom stereocenters. The fourth-order valence-corrected chi connectivity index (χ4v) is 3.28. The zero-order chi connectivity index (χ0) is 18.6. The van der Waals surface area contributed by atoms with Crippen molar-refractivity contribution in [2.24, 2.45) is 0 Å². The maximum absolute atomic E-state index is 13.1. The molecular formula is C23H22N2O2. The molecule has 1 amide bonds. The third-order valence-electron chi connectivity index (χ3n) is 4.87. The van der Waals surface area contributed by atoms with Crippen LogP contribution in [0.5, 0.6) is 5.75 Å². The van der Waals surface area contributed by atoms with Crippen LogP contribution in [0.25, 0.3) is 11.1 Å². The van der Waals surface area contributed by atoms with Crippen LogP contribution in [0.4, 0.5) is 0 Å². The maximum atomic E-state index is 13.1. The van der Waals surface area contributed by atoms with Gasteiger partial charge in [-0.05, 0) is 48.2 Å². The minimum atomic E-state index is 0.0768. The number of hydrogen-bond acceptors (Lipinski definition) is 3. The molecule has 1 aliphatic rings. The van der Waals surface area contributed by atoms with Crippen molar-refractivity contribution in [1.82, 2.24) is 9.88 Å². The van der Waals surface area contributed by atoms with E-state index in [0.29, 0.717) is 18.2 Å². The molecule has 0 N–H and O–H groups in total.